The van der Waals surface area contributed by atoms with E-state index in [0.717, 1.165) is 18.5 Å². The zero-order valence-electron chi connectivity index (χ0n) is 16.6. The maximum Gasteiger partial charge on any atom is 0.433 e. The number of hydrogen-bond donors (Lipinski definition) is 0. The van der Waals surface area contributed by atoms with Crippen molar-refractivity contribution in [1.82, 2.24) is 9.88 Å². The van der Waals surface area contributed by atoms with Gasteiger partial charge in [-0.3, -0.25) is 9.78 Å². The maximum atomic E-state index is 13.4. The number of nitrogens with zero attached hydrogens (tertiary/aromatic N) is 3. The quantitative estimate of drug-likeness (QED) is 0.708. The minimum Gasteiger partial charge on any atom is -0.378 e. The second-order valence-corrected chi connectivity index (χ2v) is 9.56. The number of benzene rings is 1. The van der Waals surface area contributed by atoms with Crippen molar-refractivity contribution < 1.29 is 31.1 Å². The third-order valence-corrected chi connectivity index (χ3v) is 6.47. The lowest BCUT2D eigenvalue weighted by Gasteiger charge is -2.31. The Bertz CT molecular complexity index is 1130. The van der Waals surface area contributed by atoms with Crippen LogP contribution in [0.2, 0.25) is 0 Å². The summed E-state index contributed by atoms with van der Waals surface area (Å²) in [6.45, 7) is 2.12. The second kappa shape index (κ2) is 7.79. The van der Waals surface area contributed by atoms with Crippen LogP contribution in [0.4, 0.5) is 18.9 Å². The van der Waals surface area contributed by atoms with E-state index < -0.39 is 27.6 Å². The molecule has 0 aliphatic carbocycles. The summed E-state index contributed by atoms with van der Waals surface area (Å²) in [5.41, 5.74) is 0.678. The van der Waals surface area contributed by atoms with Crippen molar-refractivity contribution in [2.75, 3.05) is 37.5 Å². The predicted molar refractivity (Wildman–Crippen MR) is 105 cm³/mol. The number of hydrogen-bond acceptors (Lipinski definition) is 6. The van der Waals surface area contributed by atoms with E-state index in [-0.39, 0.29) is 23.5 Å². The standard InChI is InChI=1S/C20H20F3N3O4S/c1-31(28,29)15-2-3-17(25-4-6-30-7-5-25)16(9-15)19(27)26-11-13-8-18(20(21,22)23)24-10-14(13)12-26/h2-3,8-10H,4-7,11-12H2,1H3. The van der Waals surface area contributed by atoms with Crippen LogP contribution in [0.1, 0.15) is 27.2 Å². The van der Waals surface area contributed by atoms with E-state index in [4.69, 9.17) is 4.74 Å². The third kappa shape index (κ3) is 4.38. The van der Waals surface area contributed by atoms with Crippen LogP contribution in [-0.4, -0.2) is 56.8 Å². The number of alkyl halides is 3. The first-order valence-corrected chi connectivity index (χ1v) is 11.4. The molecule has 1 aromatic heterocycles. The van der Waals surface area contributed by atoms with Crippen molar-refractivity contribution in [2.45, 2.75) is 24.2 Å². The van der Waals surface area contributed by atoms with Gasteiger partial charge in [-0.1, -0.05) is 0 Å². The molecule has 2 aliphatic heterocycles. The minimum atomic E-state index is -4.57. The van der Waals surface area contributed by atoms with Gasteiger partial charge in [-0.05, 0) is 35.4 Å². The van der Waals surface area contributed by atoms with E-state index in [2.05, 4.69) is 4.98 Å². The smallest absolute Gasteiger partial charge is 0.378 e. The van der Waals surface area contributed by atoms with Gasteiger partial charge >= 0.3 is 6.18 Å². The fourth-order valence-corrected chi connectivity index (χ4v) is 4.40. The zero-order chi connectivity index (χ0) is 22.4. The molecule has 0 spiro atoms. The average molecular weight is 455 g/mol. The highest BCUT2D eigenvalue weighted by Crippen LogP contribution is 2.33. The van der Waals surface area contributed by atoms with Crippen LogP contribution in [-0.2, 0) is 33.8 Å². The Labute approximate surface area is 177 Å². The van der Waals surface area contributed by atoms with Crippen molar-refractivity contribution >= 4 is 21.4 Å². The molecule has 3 heterocycles. The summed E-state index contributed by atoms with van der Waals surface area (Å²) in [6.07, 6.45) is -2.37. The molecule has 1 aromatic carbocycles. The fraction of sp³-hybridized carbons (Fsp3) is 0.400. The van der Waals surface area contributed by atoms with E-state index in [0.29, 0.717) is 43.1 Å². The van der Waals surface area contributed by atoms with Gasteiger partial charge < -0.3 is 14.5 Å². The molecule has 2 aliphatic rings. The number of pyridine rings is 1. The van der Waals surface area contributed by atoms with Gasteiger partial charge in [0, 0.05) is 44.3 Å². The molecule has 31 heavy (non-hydrogen) atoms. The first-order chi connectivity index (χ1) is 14.5. The molecule has 1 saturated heterocycles. The van der Waals surface area contributed by atoms with Crippen LogP contribution in [0.15, 0.2) is 35.4 Å². The molecule has 0 N–H and O–H groups in total. The molecule has 4 rings (SSSR count). The number of ether oxygens (including phenoxy) is 1. The van der Waals surface area contributed by atoms with Gasteiger partial charge in [0.15, 0.2) is 9.84 Å². The zero-order valence-corrected chi connectivity index (χ0v) is 17.5. The monoisotopic (exact) mass is 455 g/mol. The number of fused-ring (bicyclic) bond motifs is 1. The third-order valence-electron chi connectivity index (χ3n) is 5.36. The molecule has 7 nitrogen and oxygen atoms in total. The Morgan fingerprint density at radius 3 is 2.42 bits per heavy atom. The van der Waals surface area contributed by atoms with Crippen LogP contribution in [0.5, 0.6) is 0 Å². The van der Waals surface area contributed by atoms with Crippen LogP contribution in [0, 0.1) is 0 Å². The van der Waals surface area contributed by atoms with E-state index >= 15 is 0 Å². The van der Waals surface area contributed by atoms with Gasteiger partial charge in [0.05, 0.1) is 23.7 Å². The molecule has 11 heteroatoms. The number of sulfone groups is 1. The normalized spacial score (nSPS) is 17.0. The summed E-state index contributed by atoms with van der Waals surface area (Å²) < 4.78 is 68.4. The Morgan fingerprint density at radius 1 is 1.10 bits per heavy atom. The lowest BCUT2D eigenvalue weighted by molar-refractivity contribution is -0.141. The van der Waals surface area contributed by atoms with E-state index in [1.807, 2.05) is 4.90 Å². The number of rotatable bonds is 3. The van der Waals surface area contributed by atoms with Crippen molar-refractivity contribution in [1.29, 1.82) is 0 Å². The molecule has 0 bridgehead atoms. The van der Waals surface area contributed by atoms with E-state index in [9.17, 15) is 26.4 Å². The summed E-state index contributed by atoms with van der Waals surface area (Å²) in [5, 5.41) is 0. The molecule has 0 saturated carbocycles. The SMILES string of the molecule is CS(=O)(=O)c1ccc(N2CCOCC2)c(C(=O)N2Cc3cnc(C(F)(F)F)cc3C2)c1. The predicted octanol–water partition coefficient (Wildman–Crippen LogP) is 2.50. The molecular weight excluding hydrogens is 435 g/mol. The molecule has 1 amide bonds. The summed E-state index contributed by atoms with van der Waals surface area (Å²) >= 11 is 0. The van der Waals surface area contributed by atoms with Crippen molar-refractivity contribution in [2.24, 2.45) is 0 Å². The Balaban J connectivity index is 1.68. The molecule has 2 aromatic rings. The molecule has 1 fully saturated rings. The number of morpholine rings is 1. The molecule has 0 unspecified atom stereocenters. The van der Waals surface area contributed by atoms with Gasteiger partial charge in [-0.15, -0.1) is 0 Å². The lowest BCUT2D eigenvalue weighted by atomic mass is 10.1. The van der Waals surface area contributed by atoms with Crippen LogP contribution in [0.3, 0.4) is 0 Å². The average Bonchev–Trinajstić information content (AvgIpc) is 3.15. The number of anilines is 1. The number of carbonyl (C=O) groups is 1. The Hall–Kier alpha value is -2.66. The van der Waals surface area contributed by atoms with E-state index in [1.165, 1.54) is 17.0 Å². The number of halogens is 3. The van der Waals surface area contributed by atoms with Gasteiger partial charge in [-0.2, -0.15) is 13.2 Å². The summed E-state index contributed by atoms with van der Waals surface area (Å²) in [4.78, 5) is 20.2. The molecule has 0 atom stereocenters. The van der Waals surface area contributed by atoms with Crippen LogP contribution >= 0.6 is 0 Å². The molecule has 166 valence electrons. The minimum absolute atomic E-state index is 0.00518. The highest BCUT2D eigenvalue weighted by Gasteiger charge is 2.35. The van der Waals surface area contributed by atoms with Crippen LogP contribution in [0.25, 0.3) is 0 Å². The van der Waals surface area contributed by atoms with Gasteiger partial charge in [0.25, 0.3) is 5.91 Å². The van der Waals surface area contributed by atoms with Gasteiger partial charge in [-0.25, -0.2) is 8.42 Å². The Morgan fingerprint density at radius 2 is 1.77 bits per heavy atom. The van der Waals surface area contributed by atoms with Gasteiger partial charge in [0.1, 0.15) is 5.69 Å². The maximum absolute atomic E-state index is 13.4. The number of carbonyl (C=O) groups excluding carboxylic acids is 1. The number of amides is 1. The van der Waals surface area contributed by atoms with E-state index in [1.54, 1.807) is 6.07 Å². The summed E-state index contributed by atoms with van der Waals surface area (Å²) in [5.74, 6) is -0.447. The first-order valence-electron chi connectivity index (χ1n) is 9.55. The summed E-state index contributed by atoms with van der Waals surface area (Å²) in [6, 6.07) is 5.35. The summed E-state index contributed by atoms with van der Waals surface area (Å²) in [7, 11) is -3.55. The first kappa shape index (κ1) is 21.6. The number of aromatic nitrogens is 1. The highest BCUT2D eigenvalue weighted by atomic mass is 32.2. The lowest BCUT2D eigenvalue weighted by Crippen LogP contribution is -2.38. The van der Waals surface area contributed by atoms with Crippen molar-refractivity contribution in [3.8, 4) is 0 Å². The van der Waals surface area contributed by atoms with Crippen LogP contribution < -0.4 is 4.90 Å². The van der Waals surface area contributed by atoms with Crippen molar-refractivity contribution in [3.05, 3.63) is 52.8 Å². The highest BCUT2D eigenvalue weighted by molar-refractivity contribution is 7.90. The van der Waals surface area contributed by atoms with Crippen molar-refractivity contribution in [3.63, 3.8) is 0 Å². The Kier molecular flexibility index (Phi) is 5.42. The second-order valence-electron chi connectivity index (χ2n) is 7.55. The topological polar surface area (TPSA) is 79.8 Å². The fourth-order valence-electron chi connectivity index (χ4n) is 3.75. The van der Waals surface area contributed by atoms with Gasteiger partial charge in [0.2, 0.25) is 0 Å². The molecular formula is C20H20F3N3O4S. The largest absolute Gasteiger partial charge is 0.433 e. The molecule has 0 radical (unpaired) electrons.